The molecule has 1 amide bonds. The molecule has 11 nitrogen and oxygen atoms in total. The summed E-state index contributed by atoms with van der Waals surface area (Å²) in [6, 6.07) is 3.29. The fraction of sp³-hybridized carbons (Fsp3) is 0.353. The number of carbonyl (C=O) groups excluding carboxylic acids is 1. The third kappa shape index (κ3) is 3.87. The molecule has 4 rings (SSSR count). The highest BCUT2D eigenvalue weighted by molar-refractivity contribution is 7.81. The molecule has 1 aliphatic heterocycles. The average Bonchev–Trinajstić information content (AvgIpc) is 3.26. The molecule has 29 heavy (non-hydrogen) atoms. The van der Waals surface area contributed by atoms with Crippen LogP contribution in [-0.2, 0) is 10.5 Å². The molecule has 0 bridgehead atoms. The Morgan fingerprint density at radius 2 is 2.17 bits per heavy atom. The van der Waals surface area contributed by atoms with Gasteiger partial charge in [-0.2, -0.15) is 12.6 Å². The monoisotopic (exact) mass is 419 g/mol. The number of thiol groups is 1. The number of primary amides is 1. The largest absolute Gasteiger partial charge is 0.394 e. The topological polar surface area (TPSA) is 175 Å². The van der Waals surface area contributed by atoms with Crippen molar-refractivity contribution in [2.24, 2.45) is 5.73 Å². The van der Waals surface area contributed by atoms with Gasteiger partial charge < -0.3 is 26.4 Å². The van der Waals surface area contributed by atoms with Crippen LogP contribution in [0.4, 0.5) is 5.82 Å². The molecule has 12 heteroatoms. The number of nitrogens with zero attached hydrogens (tertiary/aromatic N) is 5. The van der Waals surface area contributed by atoms with Gasteiger partial charge in [0.25, 0.3) is 0 Å². The Morgan fingerprint density at radius 3 is 2.72 bits per heavy atom. The van der Waals surface area contributed by atoms with Crippen LogP contribution in [0.1, 0.15) is 17.3 Å². The summed E-state index contributed by atoms with van der Waals surface area (Å²) in [6.07, 6.45) is 4.27. The standard InChI is InChI=1S/C11H15N5O3S.C6H6N2O/c1-11(8(20)7(18)5(2-17)19-11)16-4-15-6-9(12)13-3-14-10(6)16;7-6(9)5-2-1-3-8-4-5/h3-5,7-8,17-18,20H,2H2,1H3,(H2,12,13,14);1-4H,(H2,7,9)/t5-,7-,8-,11-;/m1./s1. The average molecular weight is 419 g/mol. The summed E-state index contributed by atoms with van der Waals surface area (Å²) in [5.41, 5.74) is 11.1. The number of carbonyl (C=O) groups is 1. The zero-order valence-electron chi connectivity index (χ0n) is 15.5. The molecule has 6 N–H and O–H groups in total. The van der Waals surface area contributed by atoms with E-state index in [4.69, 9.17) is 16.2 Å². The van der Waals surface area contributed by atoms with E-state index in [1.807, 2.05) is 0 Å². The van der Waals surface area contributed by atoms with Crippen molar-refractivity contribution in [2.45, 2.75) is 30.1 Å². The van der Waals surface area contributed by atoms with Gasteiger partial charge in [-0.05, 0) is 19.1 Å². The maximum atomic E-state index is 10.4. The molecule has 0 radical (unpaired) electrons. The number of rotatable bonds is 3. The van der Waals surface area contributed by atoms with Crippen molar-refractivity contribution < 1.29 is 19.7 Å². The molecule has 0 saturated carbocycles. The van der Waals surface area contributed by atoms with Crippen LogP contribution < -0.4 is 11.5 Å². The molecule has 0 aliphatic carbocycles. The van der Waals surface area contributed by atoms with E-state index in [1.165, 1.54) is 18.9 Å². The predicted octanol–water partition coefficient (Wildman–Crippen LogP) is -0.688. The van der Waals surface area contributed by atoms with Gasteiger partial charge in [0.2, 0.25) is 5.91 Å². The first-order valence-corrected chi connectivity index (χ1v) is 9.10. The van der Waals surface area contributed by atoms with Crippen LogP contribution in [0.2, 0.25) is 0 Å². The Labute approximate surface area is 171 Å². The molecule has 0 spiro atoms. The third-order valence-corrected chi connectivity index (χ3v) is 5.39. The molecule has 0 unspecified atom stereocenters. The summed E-state index contributed by atoms with van der Waals surface area (Å²) in [4.78, 5) is 26.3. The Bertz CT molecular complexity index is 1000. The van der Waals surface area contributed by atoms with Crippen molar-refractivity contribution in [3.8, 4) is 0 Å². The van der Waals surface area contributed by atoms with Crippen molar-refractivity contribution in [2.75, 3.05) is 12.3 Å². The van der Waals surface area contributed by atoms with Crippen LogP contribution in [0.25, 0.3) is 11.2 Å². The first-order valence-electron chi connectivity index (χ1n) is 8.58. The fourth-order valence-electron chi connectivity index (χ4n) is 3.00. The lowest BCUT2D eigenvalue weighted by Crippen LogP contribution is -2.39. The summed E-state index contributed by atoms with van der Waals surface area (Å²) < 4.78 is 7.41. The summed E-state index contributed by atoms with van der Waals surface area (Å²) >= 11 is 4.41. The number of nitrogen functional groups attached to an aromatic ring is 1. The summed E-state index contributed by atoms with van der Waals surface area (Å²) in [5.74, 6) is -0.173. The van der Waals surface area contributed by atoms with Gasteiger partial charge in [-0.1, -0.05) is 0 Å². The van der Waals surface area contributed by atoms with Gasteiger partial charge in [0.1, 0.15) is 17.9 Å². The van der Waals surface area contributed by atoms with Crippen molar-refractivity contribution >= 4 is 35.5 Å². The number of amides is 1. The molecule has 154 valence electrons. The second-order valence-corrected chi connectivity index (χ2v) is 7.04. The zero-order chi connectivity index (χ0) is 21.2. The first kappa shape index (κ1) is 20.9. The smallest absolute Gasteiger partial charge is 0.250 e. The quantitative estimate of drug-likeness (QED) is 0.344. The number of hydrogen-bond acceptors (Lipinski definition) is 10. The Hall–Kier alpha value is -2.80. The van der Waals surface area contributed by atoms with Gasteiger partial charge >= 0.3 is 0 Å². The normalized spacial score (nSPS) is 26.1. The third-order valence-electron chi connectivity index (χ3n) is 4.61. The summed E-state index contributed by atoms with van der Waals surface area (Å²) in [6.45, 7) is 1.46. The minimum atomic E-state index is -0.995. The minimum absolute atomic E-state index is 0.269. The van der Waals surface area contributed by atoms with Gasteiger partial charge in [0, 0.05) is 12.4 Å². The van der Waals surface area contributed by atoms with Crippen LogP contribution >= 0.6 is 12.6 Å². The Kier molecular flexibility index (Phi) is 5.98. The van der Waals surface area contributed by atoms with E-state index < -0.39 is 29.1 Å². The lowest BCUT2D eigenvalue weighted by molar-refractivity contribution is -0.102. The maximum absolute atomic E-state index is 10.4. The summed E-state index contributed by atoms with van der Waals surface area (Å²) in [7, 11) is 0. The number of imidazole rings is 1. The highest BCUT2D eigenvalue weighted by Gasteiger charge is 2.51. The number of aliphatic hydroxyl groups is 2. The van der Waals surface area contributed by atoms with Gasteiger partial charge in [0.15, 0.2) is 17.2 Å². The van der Waals surface area contributed by atoms with Gasteiger partial charge in [-0.15, -0.1) is 0 Å². The number of aliphatic hydroxyl groups excluding tert-OH is 2. The predicted molar refractivity (Wildman–Crippen MR) is 107 cm³/mol. The molecular weight excluding hydrogens is 398 g/mol. The number of ether oxygens (including phenoxy) is 1. The molecule has 3 aromatic heterocycles. The van der Waals surface area contributed by atoms with Crippen LogP contribution in [-0.4, -0.2) is 64.7 Å². The van der Waals surface area contributed by atoms with E-state index in [2.05, 4.69) is 32.6 Å². The zero-order valence-corrected chi connectivity index (χ0v) is 16.3. The molecule has 1 aliphatic rings. The number of anilines is 1. The molecule has 3 aromatic rings. The number of pyridine rings is 1. The van der Waals surface area contributed by atoms with Crippen LogP contribution in [0.3, 0.4) is 0 Å². The molecule has 1 fully saturated rings. The lowest BCUT2D eigenvalue weighted by atomic mass is 10.1. The second-order valence-electron chi connectivity index (χ2n) is 6.48. The van der Waals surface area contributed by atoms with Gasteiger partial charge in [0.05, 0.1) is 29.9 Å². The van der Waals surface area contributed by atoms with E-state index >= 15 is 0 Å². The first-order chi connectivity index (χ1) is 13.8. The number of aromatic nitrogens is 5. The molecule has 0 aromatic carbocycles. The second kappa shape index (κ2) is 8.29. The highest BCUT2D eigenvalue weighted by atomic mass is 32.1. The van der Waals surface area contributed by atoms with Crippen molar-refractivity contribution in [1.82, 2.24) is 24.5 Å². The van der Waals surface area contributed by atoms with Crippen LogP contribution in [0.5, 0.6) is 0 Å². The van der Waals surface area contributed by atoms with E-state index in [0.717, 1.165) is 0 Å². The van der Waals surface area contributed by atoms with E-state index in [-0.39, 0.29) is 12.4 Å². The van der Waals surface area contributed by atoms with Crippen LogP contribution in [0.15, 0.2) is 37.2 Å². The van der Waals surface area contributed by atoms with Crippen LogP contribution in [0, 0.1) is 0 Å². The SMILES string of the molecule is C[C@@]1(n2cnc3c(N)ncnc32)O[C@H](CO)[C@@H](O)[C@H]1S.NC(=O)c1cccnc1. The molecule has 4 atom stereocenters. The van der Waals surface area contributed by atoms with Crippen molar-refractivity contribution in [3.05, 3.63) is 42.7 Å². The van der Waals surface area contributed by atoms with Crippen molar-refractivity contribution in [1.29, 1.82) is 0 Å². The number of hydrogen-bond donors (Lipinski definition) is 5. The van der Waals surface area contributed by atoms with E-state index in [1.54, 1.807) is 29.8 Å². The maximum Gasteiger partial charge on any atom is 0.250 e. The number of nitrogens with two attached hydrogens (primary N) is 2. The highest BCUT2D eigenvalue weighted by Crippen LogP contribution is 2.40. The van der Waals surface area contributed by atoms with E-state index in [9.17, 15) is 15.0 Å². The Morgan fingerprint density at radius 1 is 1.41 bits per heavy atom. The fourth-order valence-corrected chi connectivity index (χ4v) is 3.37. The van der Waals surface area contributed by atoms with Gasteiger partial charge in [-0.25, -0.2) is 15.0 Å². The molecule has 1 saturated heterocycles. The van der Waals surface area contributed by atoms with E-state index in [0.29, 0.717) is 16.7 Å². The molecular formula is C17H21N7O4S. The lowest BCUT2D eigenvalue weighted by Gasteiger charge is -2.29. The number of fused-ring (bicyclic) bond motifs is 1. The molecule has 4 heterocycles. The summed E-state index contributed by atoms with van der Waals surface area (Å²) in [5, 5.41) is 18.8. The van der Waals surface area contributed by atoms with Gasteiger partial charge in [-0.3, -0.25) is 14.3 Å². The van der Waals surface area contributed by atoms with Crippen molar-refractivity contribution in [3.63, 3.8) is 0 Å². The minimum Gasteiger partial charge on any atom is -0.394 e. The Balaban J connectivity index is 0.000000224.